The Bertz CT molecular complexity index is 760. The van der Waals surface area contributed by atoms with Gasteiger partial charge < -0.3 is 19.5 Å². The zero-order valence-corrected chi connectivity index (χ0v) is 14.2. The summed E-state index contributed by atoms with van der Waals surface area (Å²) < 4.78 is 4.71. The van der Waals surface area contributed by atoms with E-state index in [0.717, 1.165) is 16.9 Å². The molecule has 2 aromatic rings. The predicted molar refractivity (Wildman–Crippen MR) is 90.1 cm³/mol. The van der Waals surface area contributed by atoms with Crippen LogP contribution < -0.4 is 0 Å². The van der Waals surface area contributed by atoms with Crippen molar-refractivity contribution < 1.29 is 14.3 Å². The lowest BCUT2D eigenvalue weighted by Crippen LogP contribution is -2.50. The highest BCUT2D eigenvalue weighted by Gasteiger charge is 2.25. The van der Waals surface area contributed by atoms with Gasteiger partial charge in [0.05, 0.1) is 18.1 Å². The van der Waals surface area contributed by atoms with Gasteiger partial charge >= 0.3 is 6.09 Å². The summed E-state index contributed by atoms with van der Waals surface area (Å²) in [6.07, 6.45) is -0.345. The van der Waals surface area contributed by atoms with Crippen molar-refractivity contribution in [1.82, 2.24) is 19.8 Å². The zero-order valence-electron chi connectivity index (χ0n) is 14.2. The van der Waals surface area contributed by atoms with Crippen molar-refractivity contribution in [2.75, 3.05) is 33.3 Å². The molecule has 0 aliphatic carbocycles. The first-order valence-electron chi connectivity index (χ1n) is 8.11. The van der Waals surface area contributed by atoms with Crippen LogP contribution in [0.2, 0.25) is 0 Å². The van der Waals surface area contributed by atoms with Gasteiger partial charge in [0.15, 0.2) is 0 Å². The van der Waals surface area contributed by atoms with E-state index >= 15 is 0 Å². The van der Waals surface area contributed by atoms with Gasteiger partial charge in [-0.1, -0.05) is 13.8 Å². The molecule has 128 valence electrons. The van der Waals surface area contributed by atoms with E-state index in [1.165, 1.54) is 7.11 Å². The quantitative estimate of drug-likeness (QED) is 0.916. The fraction of sp³-hybridized carbons (Fsp3) is 0.471. The van der Waals surface area contributed by atoms with Crippen molar-refractivity contribution in [2.24, 2.45) is 0 Å². The number of nitrogens with zero attached hydrogens (tertiary/aromatic N) is 3. The molecule has 0 atom stereocenters. The number of rotatable bonds is 2. The molecule has 3 rings (SSSR count). The highest BCUT2D eigenvalue weighted by Crippen LogP contribution is 2.19. The summed E-state index contributed by atoms with van der Waals surface area (Å²) in [5, 5.41) is 0. The van der Waals surface area contributed by atoms with E-state index < -0.39 is 0 Å². The van der Waals surface area contributed by atoms with Gasteiger partial charge in [-0.15, -0.1) is 0 Å². The highest BCUT2D eigenvalue weighted by atomic mass is 16.5. The number of fused-ring (bicyclic) bond motifs is 1. The number of methoxy groups -OCH3 is 1. The molecule has 1 aromatic carbocycles. The fourth-order valence-electron chi connectivity index (χ4n) is 2.84. The van der Waals surface area contributed by atoms with Gasteiger partial charge in [-0.3, -0.25) is 4.79 Å². The SMILES string of the molecule is COC(=O)N1CCN(C(=O)c2ccc3nc(C(C)C)[nH]c3c2)CC1. The van der Waals surface area contributed by atoms with Crippen LogP contribution in [0, 0.1) is 0 Å². The maximum absolute atomic E-state index is 12.7. The minimum absolute atomic E-state index is 0.0258. The van der Waals surface area contributed by atoms with Crippen molar-refractivity contribution in [3.63, 3.8) is 0 Å². The standard InChI is InChI=1S/C17H22N4O3/c1-11(2)15-18-13-5-4-12(10-14(13)19-15)16(22)20-6-8-21(9-7-20)17(23)24-3/h4-5,10-11H,6-9H2,1-3H3,(H,18,19). The van der Waals surface area contributed by atoms with Crippen LogP contribution in [0.4, 0.5) is 4.79 Å². The summed E-state index contributed by atoms with van der Waals surface area (Å²) in [5.41, 5.74) is 2.37. The number of nitrogens with one attached hydrogen (secondary N) is 1. The summed E-state index contributed by atoms with van der Waals surface area (Å²) in [5.74, 6) is 1.20. The molecule has 7 nitrogen and oxygen atoms in total. The summed E-state index contributed by atoms with van der Waals surface area (Å²) in [4.78, 5) is 35.4. The number of aromatic nitrogens is 2. The van der Waals surface area contributed by atoms with Crippen LogP contribution in [-0.4, -0.2) is 65.1 Å². The Labute approximate surface area is 140 Å². The van der Waals surface area contributed by atoms with Crippen LogP contribution in [0.25, 0.3) is 11.0 Å². The number of hydrogen-bond donors (Lipinski definition) is 1. The second kappa shape index (κ2) is 6.51. The molecule has 0 bridgehead atoms. The first kappa shape index (κ1) is 16.3. The van der Waals surface area contributed by atoms with Crippen molar-refractivity contribution in [1.29, 1.82) is 0 Å². The molecule has 2 heterocycles. The van der Waals surface area contributed by atoms with Crippen LogP contribution in [0.5, 0.6) is 0 Å². The monoisotopic (exact) mass is 330 g/mol. The average Bonchev–Trinajstić information content (AvgIpc) is 3.04. The molecule has 0 radical (unpaired) electrons. The van der Waals surface area contributed by atoms with Crippen LogP contribution in [0.15, 0.2) is 18.2 Å². The molecule has 24 heavy (non-hydrogen) atoms. The molecular formula is C17H22N4O3. The topological polar surface area (TPSA) is 78.5 Å². The Kier molecular flexibility index (Phi) is 4.42. The van der Waals surface area contributed by atoms with Gasteiger partial charge in [-0.2, -0.15) is 0 Å². The Morgan fingerprint density at radius 2 is 1.83 bits per heavy atom. The fourth-order valence-corrected chi connectivity index (χ4v) is 2.84. The van der Waals surface area contributed by atoms with Gasteiger partial charge in [-0.05, 0) is 18.2 Å². The molecule has 0 unspecified atom stereocenters. The normalized spacial score (nSPS) is 15.2. The third kappa shape index (κ3) is 3.06. The van der Waals surface area contributed by atoms with E-state index in [0.29, 0.717) is 37.7 Å². The number of ether oxygens (including phenoxy) is 1. The van der Waals surface area contributed by atoms with Crippen molar-refractivity contribution >= 4 is 23.0 Å². The summed E-state index contributed by atoms with van der Waals surface area (Å²) >= 11 is 0. The van der Waals surface area contributed by atoms with Gasteiger partial charge in [0.2, 0.25) is 0 Å². The number of amides is 2. The van der Waals surface area contributed by atoms with Crippen LogP contribution in [-0.2, 0) is 4.74 Å². The number of piperazine rings is 1. The van der Waals surface area contributed by atoms with Gasteiger partial charge in [-0.25, -0.2) is 9.78 Å². The maximum atomic E-state index is 12.7. The van der Waals surface area contributed by atoms with Crippen molar-refractivity contribution in [2.45, 2.75) is 19.8 Å². The summed E-state index contributed by atoms with van der Waals surface area (Å²) in [6, 6.07) is 5.53. The molecular weight excluding hydrogens is 308 g/mol. The lowest BCUT2D eigenvalue weighted by Gasteiger charge is -2.33. The number of carbonyl (C=O) groups excluding carboxylic acids is 2. The molecule has 0 saturated carbocycles. The minimum Gasteiger partial charge on any atom is -0.453 e. The smallest absolute Gasteiger partial charge is 0.409 e. The second-order valence-electron chi connectivity index (χ2n) is 6.26. The molecule has 0 spiro atoms. The first-order chi connectivity index (χ1) is 11.5. The van der Waals surface area contributed by atoms with Gasteiger partial charge in [0, 0.05) is 37.7 Å². The minimum atomic E-state index is -0.345. The molecule has 1 N–H and O–H groups in total. The third-order valence-electron chi connectivity index (χ3n) is 4.29. The lowest BCUT2D eigenvalue weighted by atomic mass is 10.1. The number of carbonyl (C=O) groups is 2. The number of benzene rings is 1. The Balaban J connectivity index is 1.73. The van der Waals surface area contributed by atoms with E-state index in [9.17, 15) is 9.59 Å². The van der Waals surface area contributed by atoms with Crippen molar-refractivity contribution in [3.05, 3.63) is 29.6 Å². The molecule has 1 saturated heterocycles. The molecule has 1 aromatic heterocycles. The Hall–Kier alpha value is -2.57. The van der Waals surface area contributed by atoms with E-state index in [1.807, 2.05) is 18.2 Å². The molecule has 1 aliphatic rings. The number of hydrogen-bond acceptors (Lipinski definition) is 4. The number of imidazole rings is 1. The van der Waals surface area contributed by atoms with Crippen LogP contribution in [0.1, 0.15) is 35.9 Å². The lowest BCUT2D eigenvalue weighted by molar-refractivity contribution is 0.0600. The van der Waals surface area contributed by atoms with Crippen LogP contribution >= 0.6 is 0 Å². The summed E-state index contributed by atoms with van der Waals surface area (Å²) in [6.45, 7) is 6.14. The van der Waals surface area contributed by atoms with Crippen LogP contribution in [0.3, 0.4) is 0 Å². The molecule has 7 heteroatoms. The van der Waals surface area contributed by atoms with Gasteiger partial charge in [0.25, 0.3) is 5.91 Å². The molecule has 1 aliphatic heterocycles. The number of H-pyrrole nitrogens is 1. The van der Waals surface area contributed by atoms with E-state index in [4.69, 9.17) is 4.74 Å². The van der Waals surface area contributed by atoms with E-state index in [2.05, 4.69) is 23.8 Å². The van der Waals surface area contributed by atoms with Gasteiger partial charge in [0.1, 0.15) is 5.82 Å². The Morgan fingerprint density at radius 3 is 2.46 bits per heavy atom. The molecule has 1 fully saturated rings. The predicted octanol–water partition coefficient (Wildman–Crippen LogP) is 2.21. The first-order valence-corrected chi connectivity index (χ1v) is 8.11. The maximum Gasteiger partial charge on any atom is 0.409 e. The highest BCUT2D eigenvalue weighted by molar-refractivity contribution is 5.97. The third-order valence-corrected chi connectivity index (χ3v) is 4.29. The molecule has 2 amide bonds. The second-order valence-corrected chi connectivity index (χ2v) is 6.26. The van der Waals surface area contributed by atoms with E-state index in [1.54, 1.807) is 9.80 Å². The largest absolute Gasteiger partial charge is 0.453 e. The van der Waals surface area contributed by atoms with E-state index in [-0.39, 0.29) is 12.0 Å². The zero-order chi connectivity index (χ0) is 17.3. The Morgan fingerprint density at radius 1 is 1.17 bits per heavy atom. The number of aromatic amines is 1. The average molecular weight is 330 g/mol. The summed E-state index contributed by atoms with van der Waals surface area (Å²) in [7, 11) is 1.37. The van der Waals surface area contributed by atoms with Crippen molar-refractivity contribution in [3.8, 4) is 0 Å².